The van der Waals surface area contributed by atoms with E-state index in [2.05, 4.69) is 0 Å². The zero-order valence-electron chi connectivity index (χ0n) is 11.2. The fourth-order valence-corrected chi connectivity index (χ4v) is 2.68. The molecule has 0 fully saturated rings. The summed E-state index contributed by atoms with van der Waals surface area (Å²) in [5.74, 6) is 1.29. The molecule has 1 aliphatic heterocycles. The second-order valence-corrected chi connectivity index (χ2v) is 5.65. The number of benzene rings is 2. The Morgan fingerprint density at radius 3 is 2.67 bits per heavy atom. The van der Waals surface area contributed by atoms with Crippen molar-refractivity contribution >= 4 is 23.2 Å². The number of hydrogen-bond donors (Lipinski definition) is 1. The third-order valence-corrected chi connectivity index (χ3v) is 4.11. The molecule has 2 aromatic rings. The van der Waals surface area contributed by atoms with E-state index in [1.165, 1.54) is 0 Å². The van der Waals surface area contributed by atoms with Crippen molar-refractivity contribution in [2.45, 2.75) is 12.5 Å². The van der Waals surface area contributed by atoms with Gasteiger partial charge in [0.05, 0.1) is 16.1 Å². The average Bonchev–Trinajstić information content (AvgIpc) is 2.50. The minimum absolute atomic E-state index is 0.427. The molecule has 110 valence electrons. The highest BCUT2D eigenvalue weighted by Crippen LogP contribution is 2.38. The van der Waals surface area contributed by atoms with Gasteiger partial charge in [0.1, 0.15) is 13.2 Å². The van der Waals surface area contributed by atoms with Crippen molar-refractivity contribution in [3.8, 4) is 11.5 Å². The zero-order valence-corrected chi connectivity index (χ0v) is 12.7. The number of hydrogen-bond acceptors (Lipinski definition) is 3. The smallest absolute Gasteiger partial charge is 0.167 e. The minimum Gasteiger partial charge on any atom is -0.486 e. The Morgan fingerprint density at radius 2 is 1.86 bits per heavy atom. The van der Waals surface area contributed by atoms with Crippen LogP contribution in [0.3, 0.4) is 0 Å². The highest BCUT2D eigenvalue weighted by molar-refractivity contribution is 6.42. The molecule has 0 saturated heterocycles. The van der Waals surface area contributed by atoms with E-state index in [1.54, 1.807) is 12.1 Å². The molecule has 0 saturated carbocycles. The molecule has 5 heteroatoms. The number of aliphatic hydroxyl groups is 1. The summed E-state index contributed by atoms with van der Waals surface area (Å²) in [6.45, 7) is 1.02. The topological polar surface area (TPSA) is 38.7 Å². The Bertz CT molecular complexity index is 658. The highest BCUT2D eigenvalue weighted by atomic mass is 35.5. The molecule has 1 aliphatic rings. The van der Waals surface area contributed by atoms with Gasteiger partial charge in [-0.1, -0.05) is 41.4 Å². The zero-order chi connectivity index (χ0) is 14.8. The number of aliphatic hydroxyl groups excluding tert-OH is 1. The molecule has 1 atom stereocenters. The van der Waals surface area contributed by atoms with E-state index in [0.717, 1.165) is 11.1 Å². The van der Waals surface area contributed by atoms with Crippen LogP contribution in [-0.2, 0) is 6.42 Å². The maximum absolute atomic E-state index is 10.5. The first-order valence-corrected chi connectivity index (χ1v) is 7.41. The van der Waals surface area contributed by atoms with E-state index in [1.807, 2.05) is 24.3 Å². The second-order valence-electron chi connectivity index (χ2n) is 4.84. The van der Waals surface area contributed by atoms with Crippen LogP contribution >= 0.6 is 23.2 Å². The van der Waals surface area contributed by atoms with Crippen LogP contribution in [0.25, 0.3) is 0 Å². The summed E-state index contributed by atoms with van der Waals surface area (Å²) in [6, 6.07) is 10.9. The lowest BCUT2D eigenvalue weighted by molar-refractivity contribution is 0.146. The van der Waals surface area contributed by atoms with Crippen LogP contribution in [0.4, 0.5) is 0 Å². The molecule has 1 unspecified atom stereocenters. The maximum Gasteiger partial charge on any atom is 0.167 e. The molecule has 0 aromatic heterocycles. The number of halogens is 2. The van der Waals surface area contributed by atoms with Gasteiger partial charge in [0.2, 0.25) is 0 Å². The lowest BCUT2D eigenvalue weighted by atomic mass is 10.00. The van der Waals surface area contributed by atoms with Crippen LogP contribution in [0.2, 0.25) is 10.0 Å². The quantitative estimate of drug-likeness (QED) is 0.926. The van der Waals surface area contributed by atoms with Crippen LogP contribution in [0, 0.1) is 0 Å². The molecule has 0 bridgehead atoms. The van der Waals surface area contributed by atoms with Gasteiger partial charge in [-0.2, -0.15) is 0 Å². The van der Waals surface area contributed by atoms with Crippen molar-refractivity contribution in [1.82, 2.24) is 0 Å². The SMILES string of the molecule is OC(Cc1ccc(Cl)c(Cl)c1)c1cccc2c1OCCO2. The van der Waals surface area contributed by atoms with Crippen LogP contribution < -0.4 is 9.47 Å². The van der Waals surface area contributed by atoms with Gasteiger partial charge in [0, 0.05) is 12.0 Å². The fraction of sp³-hybridized carbons (Fsp3) is 0.250. The van der Waals surface area contributed by atoms with E-state index < -0.39 is 6.10 Å². The number of fused-ring (bicyclic) bond motifs is 1. The predicted octanol–water partition coefficient (Wildman–Crippen LogP) is 4.04. The first-order chi connectivity index (χ1) is 10.1. The summed E-state index contributed by atoms with van der Waals surface area (Å²) < 4.78 is 11.1. The molecule has 3 nitrogen and oxygen atoms in total. The van der Waals surface area contributed by atoms with Crippen molar-refractivity contribution in [2.24, 2.45) is 0 Å². The van der Waals surface area contributed by atoms with Gasteiger partial charge in [-0.3, -0.25) is 0 Å². The summed E-state index contributed by atoms with van der Waals surface area (Å²) in [6.07, 6.45) is -0.268. The molecule has 1 heterocycles. The number of rotatable bonds is 3. The van der Waals surface area contributed by atoms with Crippen LogP contribution in [0.5, 0.6) is 11.5 Å². The Hall–Kier alpha value is -1.42. The highest BCUT2D eigenvalue weighted by Gasteiger charge is 2.21. The van der Waals surface area contributed by atoms with Gasteiger partial charge < -0.3 is 14.6 Å². The Morgan fingerprint density at radius 1 is 1.05 bits per heavy atom. The number of para-hydroxylation sites is 1. The molecule has 2 aromatic carbocycles. The average molecular weight is 325 g/mol. The van der Waals surface area contributed by atoms with Crippen molar-refractivity contribution in [3.05, 3.63) is 57.6 Å². The van der Waals surface area contributed by atoms with Gasteiger partial charge in [0.15, 0.2) is 11.5 Å². The first-order valence-electron chi connectivity index (χ1n) is 6.65. The molecule has 21 heavy (non-hydrogen) atoms. The Labute approximate surface area is 133 Å². The molecule has 0 spiro atoms. The van der Waals surface area contributed by atoms with Gasteiger partial charge in [-0.15, -0.1) is 0 Å². The summed E-state index contributed by atoms with van der Waals surface area (Å²) in [5.41, 5.74) is 1.63. The van der Waals surface area contributed by atoms with Gasteiger partial charge in [-0.05, 0) is 23.8 Å². The Balaban J connectivity index is 1.85. The standard InChI is InChI=1S/C16H14Cl2O3/c17-12-5-4-10(8-13(12)18)9-14(19)11-2-1-3-15-16(11)21-7-6-20-15/h1-5,8,14,19H,6-7,9H2. The van der Waals surface area contributed by atoms with E-state index in [-0.39, 0.29) is 0 Å². The third-order valence-electron chi connectivity index (χ3n) is 3.37. The van der Waals surface area contributed by atoms with Gasteiger partial charge in [0.25, 0.3) is 0 Å². The number of ether oxygens (including phenoxy) is 2. The van der Waals surface area contributed by atoms with E-state index in [0.29, 0.717) is 41.2 Å². The summed E-state index contributed by atoms with van der Waals surface area (Å²) in [4.78, 5) is 0. The molecule has 3 rings (SSSR count). The van der Waals surface area contributed by atoms with Gasteiger partial charge >= 0.3 is 0 Å². The minimum atomic E-state index is -0.695. The van der Waals surface area contributed by atoms with Crippen LogP contribution in [0.1, 0.15) is 17.2 Å². The summed E-state index contributed by atoms with van der Waals surface area (Å²) in [5, 5.41) is 11.5. The first kappa shape index (κ1) is 14.5. The normalized spacial score (nSPS) is 14.8. The Kier molecular flexibility index (Phi) is 4.24. The monoisotopic (exact) mass is 324 g/mol. The molecule has 0 amide bonds. The summed E-state index contributed by atoms with van der Waals surface area (Å²) >= 11 is 11.9. The lowest BCUT2D eigenvalue weighted by Crippen LogP contribution is -2.17. The van der Waals surface area contributed by atoms with Crippen molar-refractivity contribution in [3.63, 3.8) is 0 Å². The van der Waals surface area contributed by atoms with Crippen molar-refractivity contribution < 1.29 is 14.6 Å². The van der Waals surface area contributed by atoms with E-state index in [9.17, 15) is 5.11 Å². The molecule has 0 aliphatic carbocycles. The third kappa shape index (κ3) is 3.10. The molecular weight excluding hydrogens is 311 g/mol. The molecular formula is C16H14Cl2O3. The summed E-state index contributed by atoms with van der Waals surface area (Å²) in [7, 11) is 0. The van der Waals surface area contributed by atoms with Crippen LogP contribution in [-0.4, -0.2) is 18.3 Å². The molecule has 0 radical (unpaired) electrons. The fourth-order valence-electron chi connectivity index (χ4n) is 2.36. The van der Waals surface area contributed by atoms with Gasteiger partial charge in [-0.25, -0.2) is 0 Å². The van der Waals surface area contributed by atoms with E-state index in [4.69, 9.17) is 32.7 Å². The largest absolute Gasteiger partial charge is 0.486 e. The van der Waals surface area contributed by atoms with Crippen molar-refractivity contribution in [2.75, 3.05) is 13.2 Å². The van der Waals surface area contributed by atoms with Crippen LogP contribution in [0.15, 0.2) is 36.4 Å². The van der Waals surface area contributed by atoms with E-state index >= 15 is 0 Å². The second kappa shape index (κ2) is 6.14. The van der Waals surface area contributed by atoms with Crippen molar-refractivity contribution in [1.29, 1.82) is 0 Å². The lowest BCUT2D eigenvalue weighted by Gasteiger charge is -2.23. The maximum atomic E-state index is 10.5. The predicted molar refractivity (Wildman–Crippen MR) is 82.6 cm³/mol. The molecule has 1 N–H and O–H groups in total.